The number of hydrogen-bond acceptors (Lipinski definition) is 3. The molecule has 2 N–H and O–H groups in total. The van der Waals surface area contributed by atoms with Gasteiger partial charge in [-0.05, 0) is 18.6 Å². The van der Waals surface area contributed by atoms with Gasteiger partial charge in [-0.3, -0.25) is 9.69 Å². The molecule has 4 heteroatoms. The molecule has 1 aliphatic heterocycles. The molecule has 0 spiro atoms. The lowest BCUT2D eigenvalue weighted by Crippen LogP contribution is -2.32. The molecule has 1 saturated heterocycles. The summed E-state index contributed by atoms with van der Waals surface area (Å²) in [7, 11) is 0. The highest BCUT2D eigenvalue weighted by Gasteiger charge is 2.21. The summed E-state index contributed by atoms with van der Waals surface area (Å²) in [5.74, 6) is -0.0275. The van der Waals surface area contributed by atoms with Crippen LogP contribution in [0.4, 0.5) is 5.69 Å². The van der Waals surface area contributed by atoms with Crippen LogP contribution in [0.15, 0.2) is 30.3 Å². The minimum Gasteiger partial charge on any atom is -0.392 e. The molecular formula is C12H16N2O2. The van der Waals surface area contributed by atoms with E-state index in [4.69, 9.17) is 0 Å². The molecule has 4 nitrogen and oxygen atoms in total. The summed E-state index contributed by atoms with van der Waals surface area (Å²) in [6.45, 7) is 1.75. The van der Waals surface area contributed by atoms with Gasteiger partial charge in [-0.15, -0.1) is 0 Å². The monoisotopic (exact) mass is 220 g/mol. The molecular weight excluding hydrogens is 204 g/mol. The predicted molar refractivity (Wildman–Crippen MR) is 62.1 cm³/mol. The first-order chi connectivity index (χ1) is 7.74. The van der Waals surface area contributed by atoms with Gasteiger partial charge in [0.15, 0.2) is 0 Å². The fourth-order valence-electron chi connectivity index (χ4n) is 1.88. The lowest BCUT2D eigenvalue weighted by atomic mass is 10.3. The zero-order chi connectivity index (χ0) is 11.4. The molecule has 1 fully saturated rings. The Kier molecular flexibility index (Phi) is 3.54. The Hall–Kier alpha value is -1.39. The van der Waals surface area contributed by atoms with Crippen LogP contribution in [-0.4, -0.2) is 41.7 Å². The van der Waals surface area contributed by atoms with Crippen LogP contribution in [0.5, 0.6) is 0 Å². The number of carbonyl (C=O) groups is 1. The van der Waals surface area contributed by atoms with Gasteiger partial charge in [0.1, 0.15) is 0 Å². The molecule has 0 aliphatic carbocycles. The van der Waals surface area contributed by atoms with Gasteiger partial charge in [-0.25, -0.2) is 0 Å². The molecule has 1 heterocycles. The highest BCUT2D eigenvalue weighted by Crippen LogP contribution is 2.09. The SMILES string of the molecule is O=C(CN1CC[C@@H](O)C1)Nc1ccccc1. The van der Waals surface area contributed by atoms with Crippen molar-refractivity contribution < 1.29 is 9.90 Å². The van der Waals surface area contributed by atoms with E-state index >= 15 is 0 Å². The smallest absolute Gasteiger partial charge is 0.238 e. The quantitative estimate of drug-likeness (QED) is 0.788. The Bertz CT molecular complexity index is 353. The van der Waals surface area contributed by atoms with Crippen molar-refractivity contribution in [3.05, 3.63) is 30.3 Å². The molecule has 0 aromatic heterocycles. The van der Waals surface area contributed by atoms with Gasteiger partial charge < -0.3 is 10.4 Å². The number of nitrogens with zero attached hydrogens (tertiary/aromatic N) is 1. The van der Waals surface area contributed by atoms with Gasteiger partial charge in [-0.1, -0.05) is 18.2 Å². The lowest BCUT2D eigenvalue weighted by Gasteiger charge is -2.14. The van der Waals surface area contributed by atoms with E-state index in [1.54, 1.807) is 0 Å². The van der Waals surface area contributed by atoms with Crippen LogP contribution in [0, 0.1) is 0 Å². The normalized spacial score (nSPS) is 20.9. The Morgan fingerprint density at radius 2 is 2.19 bits per heavy atom. The summed E-state index contributed by atoms with van der Waals surface area (Å²) >= 11 is 0. The van der Waals surface area contributed by atoms with Gasteiger partial charge in [-0.2, -0.15) is 0 Å². The molecule has 1 aliphatic rings. The summed E-state index contributed by atoms with van der Waals surface area (Å²) in [5, 5.41) is 12.2. The predicted octanol–water partition coefficient (Wildman–Crippen LogP) is 0.692. The van der Waals surface area contributed by atoms with E-state index in [0.29, 0.717) is 13.1 Å². The summed E-state index contributed by atoms with van der Waals surface area (Å²) in [4.78, 5) is 13.6. The van der Waals surface area contributed by atoms with Gasteiger partial charge in [0.2, 0.25) is 5.91 Å². The maximum absolute atomic E-state index is 11.6. The standard InChI is InChI=1S/C12H16N2O2/c15-11-6-7-14(8-11)9-12(16)13-10-4-2-1-3-5-10/h1-5,11,15H,6-9H2,(H,13,16)/t11-/m1/s1. The van der Waals surface area contributed by atoms with Crippen molar-refractivity contribution in [2.45, 2.75) is 12.5 Å². The van der Waals surface area contributed by atoms with Crippen molar-refractivity contribution in [2.24, 2.45) is 0 Å². The first kappa shape index (κ1) is 11.1. The topological polar surface area (TPSA) is 52.6 Å². The lowest BCUT2D eigenvalue weighted by molar-refractivity contribution is -0.117. The van der Waals surface area contributed by atoms with E-state index in [-0.39, 0.29) is 12.0 Å². The molecule has 2 rings (SSSR count). The molecule has 0 saturated carbocycles. The van der Waals surface area contributed by atoms with Crippen LogP contribution in [0.3, 0.4) is 0 Å². The van der Waals surface area contributed by atoms with E-state index in [2.05, 4.69) is 5.32 Å². The van der Waals surface area contributed by atoms with E-state index < -0.39 is 0 Å². The first-order valence-corrected chi connectivity index (χ1v) is 5.49. The second kappa shape index (κ2) is 5.09. The summed E-state index contributed by atoms with van der Waals surface area (Å²) in [5.41, 5.74) is 0.812. The third-order valence-corrected chi connectivity index (χ3v) is 2.67. The number of hydrogen-bond donors (Lipinski definition) is 2. The number of likely N-dealkylation sites (tertiary alicyclic amines) is 1. The highest BCUT2D eigenvalue weighted by atomic mass is 16.3. The van der Waals surface area contributed by atoms with Gasteiger partial charge in [0.25, 0.3) is 0 Å². The van der Waals surface area contributed by atoms with Crippen molar-refractivity contribution in [3.63, 3.8) is 0 Å². The van der Waals surface area contributed by atoms with Gasteiger partial charge >= 0.3 is 0 Å². The first-order valence-electron chi connectivity index (χ1n) is 5.49. The van der Waals surface area contributed by atoms with Crippen LogP contribution in [0.2, 0.25) is 0 Å². The fraction of sp³-hybridized carbons (Fsp3) is 0.417. The van der Waals surface area contributed by atoms with Crippen molar-refractivity contribution in [3.8, 4) is 0 Å². The largest absolute Gasteiger partial charge is 0.392 e. The number of anilines is 1. The molecule has 16 heavy (non-hydrogen) atoms. The van der Waals surface area contributed by atoms with E-state index in [1.807, 2.05) is 35.2 Å². The second-order valence-corrected chi connectivity index (χ2v) is 4.09. The average Bonchev–Trinajstić information content (AvgIpc) is 2.65. The van der Waals surface area contributed by atoms with E-state index in [1.165, 1.54) is 0 Å². The number of nitrogens with one attached hydrogen (secondary N) is 1. The maximum Gasteiger partial charge on any atom is 0.238 e. The maximum atomic E-state index is 11.6. The van der Waals surface area contributed by atoms with E-state index in [9.17, 15) is 9.90 Å². The van der Waals surface area contributed by atoms with Crippen molar-refractivity contribution in [1.29, 1.82) is 0 Å². The van der Waals surface area contributed by atoms with Gasteiger partial charge in [0.05, 0.1) is 12.6 Å². The van der Waals surface area contributed by atoms with E-state index in [0.717, 1.165) is 18.7 Å². The Balaban J connectivity index is 1.81. The average molecular weight is 220 g/mol. The Labute approximate surface area is 94.9 Å². The fourth-order valence-corrected chi connectivity index (χ4v) is 1.88. The third kappa shape index (κ3) is 3.05. The number of carbonyl (C=O) groups excluding carboxylic acids is 1. The zero-order valence-electron chi connectivity index (χ0n) is 9.10. The number of aliphatic hydroxyl groups excluding tert-OH is 1. The Morgan fingerprint density at radius 3 is 2.81 bits per heavy atom. The Morgan fingerprint density at radius 1 is 1.44 bits per heavy atom. The number of rotatable bonds is 3. The molecule has 0 radical (unpaired) electrons. The molecule has 1 amide bonds. The van der Waals surface area contributed by atoms with Crippen LogP contribution in [0.1, 0.15) is 6.42 Å². The third-order valence-electron chi connectivity index (χ3n) is 2.67. The molecule has 0 unspecified atom stereocenters. The molecule has 86 valence electrons. The van der Waals surface area contributed by atoms with Crippen molar-refractivity contribution >= 4 is 11.6 Å². The van der Waals surface area contributed by atoms with Crippen LogP contribution in [-0.2, 0) is 4.79 Å². The minimum absolute atomic E-state index is 0.0275. The van der Waals surface area contributed by atoms with Crippen LogP contribution >= 0.6 is 0 Å². The highest BCUT2D eigenvalue weighted by molar-refractivity contribution is 5.92. The summed E-state index contributed by atoms with van der Waals surface area (Å²) < 4.78 is 0. The van der Waals surface area contributed by atoms with Crippen LogP contribution < -0.4 is 5.32 Å². The van der Waals surface area contributed by atoms with Crippen molar-refractivity contribution in [1.82, 2.24) is 4.90 Å². The zero-order valence-corrected chi connectivity index (χ0v) is 9.10. The number of β-amino-alcohol motifs (C(OH)–C–C–N with tert-alkyl or cyclic N) is 1. The molecule has 1 aromatic rings. The molecule has 0 bridgehead atoms. The second-order valence-electron chi connectivity index (χ2n) is 4.09. The molecule has 1 atom stereocenters. The number of benzene rings is 1. The minimum atomic E-state index is -0.274. The summed E-state index contributed by atoms with van der Waals surface area (Å²) in [6, 6.07) is 9.39. The number of para-hydroxylation sites is 1. The molecule has 1 aromatic carbocycles. The van der Waals surface area contributed by atoms with Gasteiger partial charge in [0, 0.05) is 18.8 Å². The number of amides is 1. The van der Waals surface area contributed by atoms with Crippen LogP contribution in [0.25, 0.3) is 0 Å². The number of aliphatic hydroxyl groups is 1. The summed E-state index contributed by atoms with van der Waals surface area (Å²) in [6.07, 6.45) is 0.489. The van der Waals surface area contributed by atoms with Crippen molar-refractivity contribution in [2.75, 3.05) is 25.0 Å².